The quantitative estimate of drug-likeness (QED) is 0.632. The Hall–Kier alpha value is -3.13. The number of aromatic nitrogens is 3. The molecule has 3 heterocycles. The second-order valence-corrected chi connectivity index (χ2v) is 8.22. The molecular formula is C23H26N4O4. The number of ether oxygens (including phenoxy) is 1. The third-order valence-electron chi connectivity index (χ3n) is 6.24. The van der Waals surface area contributed by atoms with Gasteiger partial charge in [0.1, 0.15) is 0 Å². The highest BCUT2D eigenvalue weighted by atomic mass is 16.5. The summed E-state index contributed by atoms with van der Waals surface area (Å²) in [6.45, 7) is 1.74. The molecular weight excluding hydrogens is 396 g/mol. The van der Waals surface area contributed by atoms with E-state index in [1.165, 1.54) is 4.68 Å². The standard InChI is InChI=1S/C23H26N4O4/c28-21(23(10-15-30-16-11-23)17-5-2-1-3-6-17)24-12-13-26-22(29)27(18-8-9-18)20(25-26)19-7-4-14-31-19/h1-7,14,18H,8-13,15-16H2,(H,24,28). The second kappa shape index (κ2) is 8.19. The van der Waals surface area contributed by atoms with Gasteiger partial charge in [0.2, 0.25) is 11.7 Å². The number of carbonyl (C=O) groups excluding carboxylic acids is 1. The van der Waals surface area contributed by atoms with Crippen molar-refractivity contribution in [2.75, 3.05) is 19.8 Å². The normalized spacial score (nSPS) is 18.1. The molecule has 0 bridgehead atoms. The predicted molar refractivity (Wildman–Crippen MR) is 114 cm³/mol. The Morgan fingerprint density at radius 3 is 2.58 bits per heavy atom. The first-order chi connectivity index (χ1) is 15.2. The van der Waals surface area contributed by atoms with Crippen molar-refractivity contribution < 1.29 is 13.9 Å². The molecule has 1 aromatic carbocycles. The fourth-order valence-corrected chi connectivity index (χ4v) is 4.37. The number of nitrogens with zero attached hydrogens (tertiary/aromatic N) is 3. The summed E-state index contributed by atoms with van der Waals surface area (Å²) < 4.78 is 14.1. The number of carbonyl (C=O) groups is 1. The fraction of sp³-hybridized carbons (Fsp3) is 0.435. The molecule has 2 aromatic heterocycles. The minimum atomic E-state index is -0.600. The molecule has 1 aliphatic heterocycles. The molecule has 162 valence electrons. The molecule has 31 heavy (non-hydrogen) atoms. The van der Waals surface area contributed by atoms with E-state index in [0.717, 1.165) is 18.4 Å². The maximum atomic E-state index is 13.3. The van der Waals surface area contributed by atoms with Gasteiger partial charge in [-0.15, -0.1) is 5.10 Å². The summed E-state index contributed by atoms with van der Waals surface area (Å²) in [5.74, 6) is 1.11. The molecule has 1 amide bonds. The highest BCUT2D eigenvalue weighted by molar-refractivity contribution is 5.88. The van der Waals surface area contributed by atoms with Gasteiger partial charge in [0, 0.05) is 25.8 Å². The fourth-order valence-electron chi connectivity index (χ4n) is 4.37. The SMILES string of the molecule is O=C(NCCn1nc(-c2ccco2)n(C2CC2)c1=O)C1(c2ccccc2)CCOCC1. The summed E-state index contributed by atoms with van der Waals surface area (Å²) in [7, 11) is 0. The highest BCUT2D eigenvalue weighted by Crippen LogP contribution is 2.37. The van der Waals surface area contributed by atoms with Gasteiger partial charge in [-0.1, -0.05) is 30.3 Å². The van der Waals surface area contributed by atoms with Crippen LogP contribution >= 0.6 is 0 Å². The van der Waals surface area contributed by atoms with Crippen molar-refractivity contribution in [1.29, 1.82) is 0 Å². The van der Waals surface area contributed by atoms with Gasteiger partial charge < -0.3 is 14.5 Å². The second-order valence-electron chi connectivity index (χ2n) is 8.22. The van der Waals surface area contributed by atoms with Gasteiger partial charge in [-0.3, -0.25) is 9.36 Å². The van der Waals surface area contributed by atoms with Crippen LogP contribution in [0.4, 0.5) is 0 Å². The van der Waals surface area contributed by atoms with Crippen molar-refractivity contribution in [3.05, 3.63) is 64.8 Å². The number of nitrogens with one attached hydrogen (secondary N) is 1. The molecule has 0 atom stereocenters. The lowest BCUT2D eigenvalue weighted by atomic mass is 9.73. The summed E-state index contributed by atoms with van der Waals surface area (Å²) in [6, 6.07) is 13.6. The zero-order valence-corrected chi connectivity index (χ0v) is 17.3. The first-order valence-corrected chi connectivity index (χ1v) is 10.8. The molecule has 3 aromatic rings. The Kier molecular flexibility index (Phi) is 5.23. The van der Waals surface area contributed by atoms with E-state index in [4.69, 9.17) is 9.15 Å². The molecule has 0 radical (unpaired) electrons. The van der Waals surface area contributed by atoms with Gasteiger partial charge in [0.05, 0.1) is 18.2 Å². The lowest BCUT2D eigenvalue weighted by Crippen LogP contribution is -2.49. The number of benzene rings is 1. The van der Waals surface area contributed by atoms with Crippen molar-refractivity contribution in [3.8, 4) is 11.6 Å². The van der Waals surface area contributed by atoms with Crippen molar-refractivity contribution in [2.45, 2.75) is 43.7 Å². The van der Waals surface area contributed by atoms with Gasteiger partial charge in [-0.25, -0.2) is 9.48 Å². The maximum absolute atomic E-state index is 13.3. The number of rotatable bonds is 7. The van der Waals surface area contributed by atoms with Gasteiger partial charge >= 0.3 is 5.69 Å². The van der Waals surface area contributed by atoms with Crippen LogP contribution in [0.3, 0.4) is 0 Å². The smallest absolute Gasteiger partial charge is 0.346 e. The summed E-state index contributed by atoms with van der Waals surface area (Å²) in [5.41, 5.74) is 0.245. The predicted octanol–water partition coefficient (Wildman–Crippen LogP) is 2.50. The minimum absolute atomic E-state index is 0.0251. The third kappa shape index (κ3) is 3.72. The van der Waals surface area contributed by atoms with E-state index in [2.05, 4.69) is 10.4 Å². The summed E-state index contributed by atoms with van der Waals surface area (Å²) in [4.78, 5) is 26.2. The van der Waals surface area contributed by atoms with Crippen LogP contribution in [0.15, 0.2) is 57.9 Å². The van der Waals surface area contributed by atoms with Crippen LogP contribution in [0.2, 0.25) is 0 Å². The molecule has 1 saturated carbocycles. The molecule has 8 nitrogen and oxygen atoms in total. The van der Waals surface area contributed by atoms with Crippen molar-refractivity contribution in [3.63, 3.8) is 0 Å². The molecule has 1 N–H and O–H groups in total. The first kappa shape index (κ1) is 19.8. The van der Waals surface area contributed by atoms with E-state index >= 15 is 0 Å². The Morgan fingerprint density at radius 2 is 1.90 bits per heavy atom. The number of furan rings is 1. The van der Waals surface area contributed by atoms with Crippen LogP contribution in [0.5, 0.6) is 0 Å². The van der Waals surface area contributed by atoms with Gasteiger partial charge in [-0.2, -0.15) is 0 Å². The Morgan fingerprint density at radius 1 is 1.13 bits per heavy atom. The lowest BCUT2D eigenvalue weighted by Gasteiger charge is -2.36. The largest absolute Gasteiger partial charge is 0.461 e. The summed E-state index contributed by atoms with van der Waals surface area (Å²) in [6.07, 6.45) is 4.80. The van der Waals surface area contributed by atoms with Crippen LogP contribution in [0, 0.1) is 0 Å². The van der Waals surface area contributed by atoms with Crippen LogP contribution in [0.25, 0.3) is 11.6 Å². The van der Waals surface area contributed by atoms with E-state index in [-0.39, 0.29) is 17.6 Å². The monoisotopic (exact) mass is 422 g/mol. The minimum Gasteiger partial charge on any atom is -0.461 e. The number of hydrogen-bond donors (Lipinski definition) is 1. The molecule has 1 aliphatic carbocycles. The van der Waals surface area contributed by atoms with E-state index in [9.17, 15) is 9.59 Å². The van der Waals surface area contributed by atoms with Gasteiger partial charge in [0.15, 0.2) is 5.76 Å². The molecule has 2 aliphatic rings. The molecule has 2 fully saturated rings. The molecule has 0 unspecified atom stereocenters. The van der Waals surface area contributed by atoms with Crippen molar-refractivity contribution in [2.24, 2.45) is 0 Å². The lowest BCUT2D eigenvalue weighted by molar-refractivity contribution is -0.130. The summed E-state index contributed by atoms with van der Waals surface area (Å²) in [5, 5.41) is 7.55. The van der Waals surface area contributed by atoms with Gasteiger partial charge in [0.25, 0.3) is 0 Å². The van der Waals surface area contributed by atoms with E-state index in [1.807, 2.05) is 36.4 Å². The molecule has 1 saturated heterocycles. The zero-order valence-electron chi connectivity index (χ0n) is 17.3. The van der Waals surface area contributed by atoms with E-state index in [1.54, 1.807) is 16.9 Å². The van der Waals surface area contributed by atoms with E-state index in [0.29, 0.717) is 50.7 Å². The van der Waals surface area contributed by atoms with Crippen LogP contribution in [-0.4, -0.2) is 40.0 Å². The molecule has 8 heteroatoms. The van der Waals surface area contributed by atoms with Gasteiger partial charge in [-0.05, 0) is 43.4 Å². The number of hydrogen-bond acceptors (Lipinski definition) is 5. The molecule has 0 spiro atoms. The molecule has 5 rings (SSSR count). The Bertz CT molecular complexity index is 1090. The van der Waals surface area contributed by atoms with Crippen LogP contribution in [-0.2, 0) is 21.5 Å². The van der Waals surface area contributed by atoms with Crippen molar-refractivity contribution >= 4 is 5.91 Å². The average molecular weight is 422 g/mol. The third-order valence-corrected chi connectivity index (χ3v) is 6.24. The summed E-state index contributed by atoms with van der Waals surface area (Å²) >= 11 is 0. The topological polar surface area (TPSA) is 91.3 Å². The Balaban J connectivity index is 1.32. The maximum Gasteiger partial charge on any atom is 0.346 e. The zero-order chi connectivity index (χ0) is 21.3. The van der Waals surface area contributed by atoms with Crippen molar-refractivity contribution in [1.82, 2.24) is 19.7 Å². The number of amides is 1. The van der Waals surface area contributed by atoms with E-state index < -0.39 is 5.41 Å². The van der Waals surface area contributed by atoms with Crippen LogP contribution in [0.1, 0.15) is 37.3 Å². The average Bonchev–Trinajstić information content (AvgIpc) is 3.38. The first-order valence-electron chi connectivity index (χ1n) is 10.8. The highest BCUT2D eigenvalue weighted by Gasteiger charge is 2.41. The Labute approximate surface area is 179 Å². The van der Waals surface area contributed by atoms with Crippen LogP contribution < -0.4 is 11.0 Å².